The van der Waals surface area contributed by atoms with Crippen LogP contribution in [0.3, 0.4) is 0 Å². The van der Waals surface area contributed by atoms with Crippen molar-refractivity contribution in [1.82, 2.24) is 4.98 Å². The summed E-state index contributed by atoms with van der Waals surface area (Å²) in [5.74, 6) is -2.58. The number of carbonyl (C=O) groups excluding carboxylic acids is 2. The molecule has 2 heterocycles. The molecule has 0 saturated carbocycles. The SMILES string of the molecule is COc1cc(C2C(=C(O)c3ccc(F)cc3)C(=O)C(=O)N2c2nc3ccc(F)cc3s2)ccc1OCc1ccccc1. The van der Waals surface area contributed by atoms with Gasteiger partial charge in [-0.05, 0) is 65.7 Å². The molecule has 42 heavy (non-hydrogen) atoms. The molecule has 7 nitrogen and oxygen atoms in total. The van der Waals surface area contributed by atoms with Gasteiger partial charge in [-0.15, -0.1) is 0 Å². The van der Waals surface area contributed by atoms with Gasteiger partial charge in [-0.2, -0.15) is 0 Å². The summed E-state index contributed by atoms with van der Waals surface area (Å²) in [5.41, 5.74) is 1.76. The second kappa shape index (κ2) is 11.1. The number of carbonyl (C=O) groups is 2. The molecule has 1 aliphatic rings. The lowest BCUT2D eigenvalue weighted by atomic mass is 9.95. The third-order valence-corrected chi connectivity index (χ3v) is 7.87. The van der Waals surface area contributed by atoms with Crippen LogP contribution in [-0.4, -0.2) is 28.9 Å². The molecule has 0 aliphatic carbocycles. The Morgan fingerprint density at radius 3 is 2.40 bits per heavy atom. The Kier molecular flexibility index (Phi) is 7.13. The van der Waals surface area contributed by atoms with E-state index >= 15 is 0 Å². The first-order valence-corrected chi connectivity index (χ1v) is 13.6. The van der Waals surface area contributed by atoms with Crippen LogP contribution < -0.4 is 14.4 Å². The highest BCUT2D eigenvalue weighted by atomic mass is 32.1. The lowest BCUT2D eigenvalue weighted by Gasteiger charge is -2.24. The number of hydrogen-bond acceptors (Lipinski definition) is 7. The minimum atomic E-state index is -1.13. The van der Waals surface area contributed by atoms with E-state index in [1.54, 1.807) is 18.2 Å². The lowest BCUT2D eigenvalue weighted by molar-refractivity contribution is -0.132. The molecule has 10 heteroatoms. The number of halogens is 2. The Labute approximate surface area is 242 Å². The molecule has 0 radical (unpaired) electrons. The van der Waals surface area contributed by atoms with Gasteiger partial charge in [0.05, 0.1) is 28.9 Å². The Bertz CT molecular complexity index is 1850. The van der Waals surface area contributed by atoms with Gasteiger partial charge in [0.2, 0.25) is 0 Å². The van der Waals surface area contributed by atoms with Crippen molar-refractivity contribution in [2.75, 3.05) is 12.0 Å². The normalized spacial score (nSPS) is 16.3. The summed E-state index contributed by atoms with van der Waals surface area (Å²) in [6.07, 6.45) is 0. The summed E-state index contributed by atoms with van der Waals surface area (Å²) in [4.78, 5) is 32.7. The second-order valence-electron chi connectivity index (χ2n) is 9.47. The van der Waals surface area contributed by atoms with Crippen molar-refractivity contribution in [1.29, 1.82) is 0 Å². The minimum absolute atomic E-state index is 0.143. The van der Waals surface area contributed by atoms with E-state index in [4.69, 9.17) is 9.47 Å². The molecule has 0 spiro atoms. The molecule has 1 atom stereocenters. The van der Waals surface area contributed by atoms with E-state index in [1.807, 2.05) is 30.3 Å². The van der Waals surface area contributed by atoms with Crippen LogP contribution in [0.1, 0.15) is 22.7 Å². The Morgan fingerprint density at radius 1 is 0.929 bits per heavy atom. The molecule has 1 fully saturated rings. The van der Waals surface area contributed by atoms with Crippen LogP contribution in [0.15, 0.2) is 96.6 Å². The van der Waals surface area contributed by atoms with E-state index < -0.39 is 35.1 Å². The maximum Gasteiger partial charge on any atom is 0.301 e. The maximum atomic E-state index is 13.9. The van der Waals surface area contributed by atoms with Gasteiger partial charge < -0.3 is 14.6 Å². The zero-order chi connectivity index (χ0) is 29.4. The van der Waals surface area contributed by atoms with Gasteiger partial charge in [0.1, 0.15) is 24.0 Å². The van der Waals surface area contributed by atoms with Gasteiger partial charge in [0, 0.05) is 5.56 Å². The first kappa shape index (κ1) is 27.1. The summed E-state index contributed by atoms with van der Waals surface area (Å²) in [7, 11) is 1.46. The minimum Gasteiger partial charge on any atom is -0.507 e. The van der Waals surface area contributed by atoms with Gasteiger partial charge in [0.25, 0.3) is 5.78 Å². The summed E-state index contributed by atoms with van der Waals surface area (Å²) in [5, 5.41) is 11.4. The largest absolute Gasteiger partial charge is 0.507 e. The van der Waals surface area contributed by atoms with Crippen LogP contribution in [-0.2, 0) is 16.2 Å². The van der Waals surface area contributed by atoms with Crippen molar-refractivity contribution in [2.45, 2.75) is 12.6 Å². The topological polar surface area (TPSA) is 89.0 Å². The quantitative estimate of drug-likeness (QED) is 0.129. The van der Waals surface area contributed by atoms with E-state index in [2.05, 4.69) is 4.98 Å². The molecule has 1 unspecified atom stereocenters. The van der Waals surface area contributed by atoms with Crippen molar-refractivity contribution in [3.05, 3.63) is 125 Å². The molecule has 0 bridgehead atoms. The van der Waals surface area contributed by atoms with Gasteiger partial charge in [-0.25, -0.2) is 13.8 Å². The average molecular weight is 585 g/mol. The number of methoxy groups -OCH3 is 1. The summed E-state index contributed by atoms with van der Waals surface area (Å²) in [6, 6.07) is 22.3. The predicted octanol–water partition coefficient (Wildman–Crippen LogP) is 6.79. The second-order valence-corrected chi connectivity index (χ2v) is 10.5. The number of amides is 1. The number of hydrogen-bond donors (Lipinski definition) is 1. The zero-order valence-electron chi connectivity index (χ0n) is 22.1. The maximum absolute atomic E-state index is 13.9. The van der Waals surface area contributed by atoms with Crippen molar-refractivity contribution in [3.8, 4) is 11.5 Å². The molecular weight excluding hydrogens is 562 g/mol. The van der Waals surface area contributed by atoms with Gasteiger partial charge in [0.15, 0.2) is 16.6 Å². The number of aromatic nitrogens is 1. The fourth-order valence-corrected chi connectivity index (χ4v) is 5.82. The number of benzene rings is 4. The molecule has 1 saturated heterocycles. The number of nitrogens with zero attached hydrogens (tertiary/aromatic N) is 2. The Hall–Kier alpha value is -5.09. The number of ketones is 1. The van der Waals surface area contributed by atoms with Crippen molar-refractivity contribution >= 4 is 44.1 Å². The molecular formula is C32H22F2N2O5S. The smallest absolute Gasteiger partial charge is 0.301 e. The lowest BCUT2D eigenvalue weighted by Crippen LogP contribution is -2.29. The van der Waals surface area contributed by atoms with Crippen molar-refractivity contribution in [2.24, 2.45) is 0 Å². The van der Waals surface area contributed by atoms with E-state index in [-0.39, 0.29) is 22.9 Å². The van der Waals surface area contributed by atoms with E-state index in [9.17, 15) is 23.5 Å². The number of ether oxygens (including phenoxy) is 2. The molecule has 4 aromatic carbocycles. The molecule has 1 aliphatic heterocycles. The summed E-state index contributed by atoms with van der Waals surface area (Å²) in [6.45, 7) is 0.280. The fourth-order valence-electron chi connectivity index (χ4n) is 4.81. The number of fused-ring (bicyclic) bond motifs is 1. The van der Waals surface area contributed by atoms with Crippen molar-refractivity contribution < 1.29 is 33.0 Å². The average Bonchev–Trinajstić information content (AvgIpc) is 3.53. The van der Waals surface area contributed by atoms with Crippen LogP contribution in [0.4, 0.5) is 13.9 Å². The first-order chi connectivity index (χ1) is 20.3. The van der Waals surface area contributed by atoms with Gasteiger partial charge in [-0.3, -0.25) is 14.5 Å². The van der Waals surface area contributed by atoms with E-state index in [0.717, 1.165) is 29.0 Å². The number of thiazole rings is 1. The highest BCUT2D eigenvalue weighted by molar-refractivity contribution is 7.22. The summed E-state index contributed by atoms with van der Waals surface area (Å²) >= 11 is 1.04. The summed E-state index contributed by atoms with van der Waals surface area (Å²) < 4.78 is 39.6. The number of rotatable bonds is 7. The molecule has 1 aromatic heterocycles. The molecule has 5 aromatic rings. The third-order valence-electron chi connectivity index (χ3n) is 6.85. The van der Waals surface area contributed by atoms with Crippen LogP contribution in [0.5, 0.6) is 11.5 Å². The Morgan fingerprint density at radius 2 is 1.67 bits per heavy atom. The van der Waals surface area contributed by atoms with Crippen LogP contribution in [0, 0.1) is 11.6 Å². The number of anilines is 1. The van der Waals surface area contributed by atoms with Gasteiger partial charge in [-0.1, -0.05) is 47.7 Å². The third kappa shape index (κ3) is 4.97. The van der Waals surface area contributed by atoms with Crippen LogP contribution in [0.2, 0.25) is 0 Å². The highest BCUT2D eigenvalue weighted by Gasteiger charge is 2.48. The predicted molar refractivity (Wildman–Crippen MR) is 155 cm³/mol. The number of aliphatic hydroxyl groups excluding tert-OH is 1. The standard InChI is InChI=1S/C32H22F2N2O5S/c1-40-25-15-20(9-14-24(25)41-17-18-5-3-2-4-6-18)28-27(29(37)19-7-10-21(33)11-8-19)30(38)31(39)36(28)32-35-23-13-12-22(34)16-26(23)42-32/h2-16,28,37H,17H2,1H3. The highest BCUT2D eigenvalue weighted by Crippen LogP contribution is 2.46. The van der Waals surface area contributed by atoms with Crippen LogP contribution >= 0.6 is 11.3 Å². The molecule has 210 valence electrons. The zero-order valence-corrected chi connectivity index (χ0v) is 22.9. The molecule has 1 amide bonds. The molecule has 1 N–H and O–H groups in total. The molecule has 6 rings (SSSR count). The number of Topliss-reactive ketones (excluding diaryl/α,β-unsaturated/α-hetero) is 1. The van der Waals surface area contributed by atoms with Crippen LogP contribution in [0.25, 0.3) is 16.0 Å². The number of aliphatic hydroxyl groups is 1. The van der Waals surface area contributed by atoms with Gasteiger partial charge >= 0.3 is 5.91 Å². The fraction of sp³-hybridized carbons (Fsp3) is 0.0938. The monoisotopic (exact) mass is 584 g/mol. The Balaban J connectivity index is 1.48. The van der Waals surface area contributed by atoms with E-state index in [1.165, 1.54) is 42.3 Å². The van der Waals surface area contributed by atoms with E-state index in [0.29, 0.717) is 27.3 Å². The van der Waals surface area contributed by atoms with Crippen molar-refractivity contribution in [3.63, 3.8) is 0 Å². The first-order valence-electron chi connectivity index (χ1n) is 12.8.